The van der Waals surface area contributed by atoms with Crippen LogP contribution in [0.1, 0.15) is 50.9 Å². The van der Waals surface area contributed by atoms with Crippen LogP contribution in [0.5, 0.6) is 0 Å². The summed E-state index contributed by atoms with van der Waals surface area (Å²) < 4.78 is 2.29. The van der Waals surface area contributed by atoms with E-state index in [0.717, 1.165) is 56.0 Å². The van der Waals surface area contributed by atoms with Gasteiger partial charge < -0.3 is 9.88 Å². The highest BCUT2D eigenvalue weighted by Gasteiger charge is 2.27. The Bertz CT molecular complexity index is 1010. The lowest BCUT2D eigenvalue weighted by atomic mass is 9.97. The average Bonchev–Trinajstić information content (AvgIpc) is 3.11. The van der Waals surface area contributed by atoms with E-state index in [9.17, 15) is 4.79 Å². The van der Waals surface area contributed by atoms with Gasteiger partial charge in [0.25, 0.3) is 0 Å². The van der Waals surface area contributed by atoms with Crippen LogP contribution in [0.3, 0.4) is 0 Å². The molecule has 0 spiro atoms. The zero-order valence-corrected chi connectivity index (χ0v) is 18.3. The Balaban J connectivity index is 1.41. The van der Waals surface area contributed by atoms with Crippen LogP contribution in [-0.2, 0) is 17.9 Å². The number of aromatic nitrogens is 2. The Labute approximate surface area is 179 Å². The first kappa shape index (κ1) is 20.6. The number of carbonyl (C=O) groups excluding carboxylic acids is 1. The molecule has 0 saturated carbocycles. The second-order valence-corrected chi connectivity index (χ2v) is 8.60. The molecule has 0 radical (unpaired) electrons. The summed E-state index contributed by atoms with van der Waals surface area (Å²) in [4.78, 5) is 20.1. The number of aryl methyl sites for hydroxylation is 1. The van der Waals surface area contributed by atoms with Crippen molar-refractivity contribution in [1.29, 1.82) is 0 Å². The lowest BCUT2D eigenvalue weighted by Crippen LogP contribution is -2.40. The summed E-state index contributed by atoms with van der Waals surface area (Å²) in [6.45, 7) is 10.0. The van der Waals surface area contributed by atoms with Crippen LogP contribution in [0.25, 0.3) is 11.0 Å². The molecule has 4 rings (SSSR count). The molecule has 0 unspecified atom stereocenters. The molecule has 1 atom stereocenters. The van der Waals surface area contributed by atoms with Gasteiger partial charge >= 0.3 is 0 Å². The van der Waals surface area contributed by atoms with Crippen LogP contribution >= 0.6 is 0 Å². The number of nitrogens with zero attached hydrogens (tertiary/aromatic N) is 3. The molecule has 2 heterocycles. The van der Waals surface area contributed by atoms with Crippen molar-refractivity contribution in [3.05, 3.63) is 59.9 Å². The van der Waals surface area contributed by atoms with Crippen molar-refractivity contribution in [2.75, 3.05) is 18.4 Å². The lowest BCUT2D eigenvalue weighted by molar-refractivity contribution is -0.121. The summed E-state index contributed by atoms with van der Waals surface area (Å²) >= 11 is 0. The molecule has 1 fully saturated rings. The van der Waals surface area contributed by atoms with E-state index in [1.807, 2.05) is 18.2 Å². The molecule has 1 amide bonds. The number of nitrogens with one attached hydrogen (secondary N) is 1. The summed E-state index contributed by atoms with van der Waals surface area (Å²) in [7, 11) is 0. The number of anilines is 1. The second-order valence-electron chi connectivity index (χ2n) is 8.60. The Morgan fingerprint density at radius 1 is 1.17 bits per heavy atom. The highest BCUT2D eigenvalue weighted by atomic mass is 16.1. The topological polar surface area (TPSA) is 50.2 Å². The predicted octanol–water partition coefficient (Wildman–Crippen LogP) is 5.03. The van der Waals surface area contributed by atoms with Gasteiger partial charge in [-0.1, -0.05) is 38.1 Å². The van der Waals surface area contributed by atoms with Gasteiger partial charge in [-0.25, -0.2) is 4.98 Å². The zero-order valence-electron chi connectivity index (χ0n) is 18.3. The van der Waals surface area contributed by atoms with E-state index < -0.39 is 0 Å². The number of imidazole rings is 1. The lowest BCUT2D eigenvalue weighted by Gasteiger charge is -2.31. The molecule has 1 saturated heterocycles. The molecule has 0 bridgehead atoms. The molecule has 1 aromatic heterocycles. The van der Waals surface area contributed by atoms with E-state index in [2.05, 4.69) is 65.9 Å². The number of fused-ring (bicyclic) bond motifs is 1. The minimum atomic E-state index is 0.0166. The van der Waals surface area contributed by atoms with E-state index in [1.54, 1.807) is 0 Å². The maximum Gasteiger partial charge on any atom is 0.228 e. The van der Waals surface area contributed by atoms with E-state index >= 15 is 0 Å². The third kappa shape index (κ3) is 4.41. The molecular formula is C25H32N4O. The molecule has 2 aromatic carbocycles. The minimum absolute atomic E-state index is 0.0166. The number of benzene rings is 2. The molecule has 1 aliphatic heterocycles. The number of rotatable bonds is 6. The van der Waals surface area contributed by atoms with Gasteiger partial charge in [0.1, 0.15) is 5.82 Å². The largest absolute Gasteiger partial charge is 0.327 e. The monoisotopic (exact) mass is 404 g/mol. The van der Waals surface area contributed by atoms with Crippen LogP contribution < -0.4 is 5.32 Å². The summed E-state index contributed by atoms with van der Waals surface area (Å²) in [6, 6.07) is 16.5. The number of hydrogen-bond acceptors (Lipinski definition) is 3. The number of carbonyl (C=O) groups is 1. The first-order valence-electron chi connectivity index (χ1n) is 11.1. The van der Waals surface area contributed by atoms with E-state index in [4.69, 9.17) is 4.98 Å². The minimum Gasteiger partial charge on any atom is -0.327 e. The first-order valence-corrected chi connectivity index (χ1v) is 11.1. The summed E-state index contributed by atoms with van der Waals surface area (Å²) in [5, 5.41) is 3.12. The van der Waals surface area contributed by atoms with Crippen molar-refractivity contribution in [2.24, 2.45) is 5.92 Å². The van der Waals surface area contributed by atoms with E-state index in [1.165, 1.54) is 11.1 Å². The molecular weight excluding hydrogens is 372 g/mol. The van der Waals surface area contributed by atoms with E-state index in [0.29, 0.717) is 5.92 Å². The Morgan fingerprint density at radius 3 is 2.67 bits per heavy atom. The van der Waals surface area contributed by atoms with Crippen LogP contribution in [0.15, 0.2) is 48.5 Å². The first-order chi connectivity index (χ1) is 14.5. The second kappa shape index (κ2) is 9.00. The van der Waals surface area contributed by atoms with Crippen molar-refractivity contribution in [2.45, 2.75) is 52.6 Å². The van der Waals surface area contributed by atoms with Gasteiger partial charge in [-0.3, -0.25) is 9.69 Å². The molecule has 1 aliphatic rings. The standard InChI is InChI=1S/C25H32N4O/c1-4-29-23-10-6-5-9-22(23)27-24(29)17-28-15-7-8-20(16-28)25(30)26-21-13-11-19(12-14-21)18(2)3/h5-6,9-14,18,20H,4,7-8,15-17H2,1-3H3,(H,26,30)/t20-/m0/s1. The Hall–Kier alpha value is -2.66. The SMILES string of the molecule is CCn1c(CN2CCC[C@H](C(=O)Nc3ccc(C(C)C)cc3)C2)nc2ccccc21. The molecule has 1 N–H and O–H groups in total. The number of para-hydroxylation sites is 2. The van der Waals surface area contributed by atoms with Gasteiger partial charge in [-0.2, -0.15) is 0 Å². The molecule has 0 aliphatic carbocycles. The normalized spacial score (nSPS) is 17.5. The highest BCUT2D eigenvalue weighted by Crippen LogP contribution is 2.23. The number of hydrogen-bond donors (Lipinski definition) is 1. The summed E-state index contributed by atoms with van der Waals surface area (Å²) in [6.07, 6.45) is 1.98. The summed E-state index contributed by atoms with van der Waals surface area (Å²) in [5.41, 5.74) is 4.40. The van der Waals surface area contributed by atoms with Crippen molar-refractivity contribution in [3.8, 4) is 0 Å². The van der Waals surface area contributed by atoms with Crippen molar-refractivity contribution in [3.63, 3.8) is 0 Å². The quantitative estimate of drug-likeness (QED) is 0.627. The van der Waals surface area contributed by atoms with Crippen LogP contribution in [0.4, 0.5) is 5.69 Å². The predicted molar refractivity (Wildman–Crippen MR) is 123 cm³/mol. The molecule has 158 valence electrons. The van der Waals surface area contributed by atoms with Crippen LogP contribution in [0.2, 0.25) is 0 Å². The number of amides is 1. The third-order valence-corrected chi connectivity index (χ3v) is 6.14. The van der Waals surface area contributed by atoms with Crippen molar-refractivity contribution in [1.82, 2.24) is 14.5 Å². The third-order valence-electron chi connectivity index (χ3n) is 6.14. The van der Waals surface area contributed by atoms with E-state index in [-0.39, 0.29) is 11.8 Å². The Kier molecular flexibility index (Phi) is 6.18. The average molecular weight is 405 g/mol. The van der Waals surface area contributed by atoms with Crippen LogP contribution in [-0.4, -0.2) is 33.4 Å². The molecule has 5 heteroatoms. The zero-order chi connectivity index (χ0) is 21.1. The summed E-state index contributed by atoms with van der Waals surface area (Å²) in [5.74, 6) is 1.72. The fourth-order valence-electron chi connectivity index (χ4n) is 4.41. The number of likely N-dealkylation sites (tertiary alicyclic amines) is 1. The van der Waals surface area contributed by atoms with Gasteiger partial charge in [0, 0.05) is 18.8 Å². The van der Waals surface area contributed by atoms with Crippen molar-refractivity contribution < 1.29 is 4.79 Å². The number of piperidine rings is 1. The molecule has 3 aromatic rings. The fourth-order valence-corrected chi connectivity index (χ4v) is 4.41. The van der Waals surface area contributed by atoms with Gasteiger partial charge in [-0.05, 0) is 62.1 Å². The highest BCUT2D eigenvalue weighted by molar-refractivity contribution is 5.92. The van der Waals surface area contributed by atoms with Crippen LogP contribution in [0, 0.1) is 5.92 Å². The van der Waals surface area contributed by atoms with Gasteiger partial charge in [0.05, 0.1) is 23.5 Å². The van der Waals surface area contributed by atoms with Gasteiger partial charge in [-0.15, -0.1) is 0 Å². The molecule has 30 heavy (non-hydrogen) atoms. The molecule has 5 nitrogen and oxygen atoms in total. The Morgan fingerprint density at radius 2 is 1.93 bits per heavy atom. The van der Waals surface area contributed by atoms with Gasteiger partial charge in [0.15, 0.2) is 0 Å². The van der Waals surface area contributed by atoms with Gasteiger partial charge in [0.2, 0.25) is 5.91 Å². The maximum atomic E-state index is 12.9. The smallest absolute Gasteiger partial charge is 0.228 e. The maximum absolute atomic E-state index is 12.9. The van der Waals surface area contributed by atoms with Crippen molar-refractivity contribution >= 4 is 22.6 Å². The fraction of sp³-hybridized carbons (Fsp3) is 0.440.